The van der Waals surface area contributed by atoms with Gasteiger partial charge >= 0.3 is 11.9 Å². The third-order valence-electron chi connectivity index (χ3n) is 4.16. The standard InChI is InChI=1S/C22H40N2O8/c1-5-6-7-8-17(21(29)32-22(2,3)4)20(28)24-12-14-31-16-15-30-13-11-23-18(25)9-10-19(26)27/h17H,5-16H2,1-4H3,(H,23,25)(H,24,28)(H,26,27). The number of hydrogen-bond donors (Lipinski definition) is 3. The fourth-order valence-electron chi connectivity index (χ4n) is 2.59. The summed E-state index contributed by atoms with van der Waals surface area (Å²) in [5.74, 6) is -3.02. The molecule has 0 heterocycles. The van der Waals surface area contributed by atoms with Crippen LogP contribution >= 0.6 is 0 Å². The Morgan fingerprint density at radius 1 is 0.875 bits per heavy atom. The summed E-state index contributed by atoms with van der Waals surface area (Å²) in [5, 5.41) is 13.8. The van der Waals surface area contributed by atoms with Gasteiger partial charge in [-0.3, -0.25) is 19.2 Å². The molecule has 3 N–H and O–H groups in total. The smallest absolute Gasteiger partial charge is 0.319 e. The van der Waals surface area contributed by atoms with Crippen molar-refractivity contribution in [2.24, 2.45) is 5.92 Å². The number of carbonyl (C=O) groups excluding carboxylic acids is 3. The van der Waals surface area contributed by atoms with Crippen molar-refractivity contribution in [2.75, 3.05) is 39.5 Å². The highest BCUT2D eigenvalue weighted by atomic mass is 16.6. The Morgan fingerprint density at radius 2 is 1.47 bits per heavy atom. The van der Waals surface area contributed by atoms with E-state index in [1.807, 2.05) is 0 Å². The number of carboxylic acids is 1. The Bertz CT molecular complexity index is 575. The van der Waals surface area contributed by atoms with Gasteiger partial charge in [0.05, 0.1) is 32.8 Å². The number of aliphatic carboxylic acids is 1. The molecular formula is C22H40N2O8. The Hall–Kier alpha value is -2.20. The summed E-state index contributed by atoms with van der Waals surface area (Å²) in [7, 11) is 0. The van der Waals surface area contributed by atoms with Gasteiger partial charge in [0.15, 0.2) is 0 Å². The summed E-state index contributed by atoms with van der Waals surface area (Å²) in [6.45, 7) is 9.13. The van der Waals surface area contributed by atoms with Gasteiger partial charge in [-0.1, -0.05) is 26.2 Å². The van der Waals surface area contributed by atoms with E-state index in [1.54, 1.807) is 20.8 Å². The SMILES string of the molecule is CCCCCC(C(=O)NCCOCCOCCNC(=O)CCC(=O)O)C(=O)OC(C)(C)C. The first-order chi connectivity index (χ1) is 15.1. The molecule has 0 saturated carbocycles. The van der Waals surface area contributed by atoms with Gasteiger partial charge in [-0.05, 0) is 27.2 Å². The molecule has 10 heteroatoms. The lowest BCUT2D eigenvalue weighted by Crippen LogP contribution is -2.40. The van der Waals surface area contributed by atoms with Crippen LogP contribution in [0.25, 0.3) is 0 Å². The van der Waals surface area contributed by atoms with Crippen LogP contribution < -0.4 is 10.6 Å². The molecule has 10 nitrogen and oxygen atoms in total. The van der Waals surface area contributed by atoms with Crippen molar-refractivity contribution in [3.63, 3.8) is 0 Å². The lowest BCUT2D eigenvalue weighted by molar-refractivity contribution is -0.163. The molecule has 0 aromatic heterocycles. The van der Waals surface area contributed by atoms with Crippen LogP contribution in [-0.2, 0) is 33.4 Å². The molecule has 0 aromatic rings. The number of ether oxygens (including phenoxy) is 3. The second kappa shape index (κ2) is 17.4. The number of nitrogens with one attached hydrogen (secondary N) is 2. The fraction of sp³-hybridized carbons (Fsp3) is 0.818. The minimum Gasteiger partial charge on any atom is -0.481 e. The summed E-state index contributed by atoms with van der Waals surface area (Å²) in [6.07, 6.45) is 2.92. The van der Waals surface area contributed by atoms with Crippen molar-refractivity contribution in [1.29, 1.82) is 0 Å². The minimum absolute atomic E-state index is 0.0580. The van der Waals surface area contributed by atoms with Gasteiger partial charge in [0, 0.05) is 19.5 Å². The largest absolute Gasteiger partial charge is 0.481 e. The van der Waals surface area contributed by atoms with Crippen LogP contribution in [0.15, 0.2) is 0 Å². The summed E-state index contributed by atoms with van der Waals surface area (Å²) in [6, 6.07) is 0. The molecule has 32 heavy (non-hydrogen) atoms. The summed E-state index contributed by atoms with van der Waals surface area (Å²) in [5.41, 5.74) is -0.648. The first-order valence-electron chi connectivity index (χ1n) is 11.2. The number of amides is 2. The second-order valence-electron chi connectivity index (χ2n) is 8.34. The lowest BCUT2D eigenvalue weighted by atomic mass is 10.00. The zero-order chi connectivity index (χ0) is 24.4. The van der Waals surface area contributed by atoms with Crippen molar-refractivity contribution in [2.45, 2.75) is 71.8 Å². The van der Waals surface area contributed by atoms with E-state index in [9.17, 15) is 19.2 Å². The van der Waals surface area contributed by atoms with E-state index in [0.717, 1.165) is 19.3 Å². The molecule has 0 aromatic carbocycles. The zero-order valence-corrected chi connectivity index (χ0v) is 19.9. The van der Waals surface area contributed by atoms with Gasteiger partial charge in [0.1, 0.15) is 11.5 Å². The number of carbonyl (C=O) groups is 4. The minimum atomic E-state index is -1.01. The van der Waals surface area contributed by atoms with Crippen LogP contribution in [0.4, 0.5) is 0 Å². The molecular weight excluding hydrogens is 420 g/mol. The first kappa shape index (κ1) is 29.8. The third kappa shape index (κ3) is 17.5. The maximum Gasteiger partial charge on any atom is 0.319 e. The number of esters is 1. The number of hydrogen-bond acceptors (Lipinski definition) is 7. The number of rotatable bonds is 18. The van der Waals surface area contributed by atoms with Crippen LogP contribution in [0.3, 0.4) is 0 Å². The van der Waals surface area contributed by atoms with E-state index in [-0.39, 0.29) is 44.4 Å². The predicted molar refractivity (Wildman–Crippen MR) is 118 cm³/mol. The van der Waals surface area contributed by atoms with Crippen LogP contribution in [0.2, 0.25) is 0 Å². The van der Waals surface area contributed by atoms with Crippen LogP contribution in [0.1, 0.15) is 66.2 Å². The molecule has 0 aliphatic heterocycles. The Morgan fingerprint density at radius 3 is 2.00 bits per heavy atom. The van der Waals surface area contributed by atoms with E-state index in [4.69, 9.17) is 19.3 Å². The normalized spacial score (nSPS) is 12.1. The maximum absolute atomic E-state index is 12.5. The Balaban J connectivity index is 3.96. The monoisotopic (exact) mass is 460 g/mol. The molecule has 0 aliphatic rings. The topological polar surface area (TPSA) is 140 Å². The number of unbranched alkanes of at least 4 members (excludes halogenated alkanes) is 2. The maximum atomic E-state index is 12.5. The summed E-state index contributed by atoms with van der Waals surface area (Å²) in [4.78, 5) is 46.5. The lowest BCUT2D eigenvalue weighted by Gasteiger charge is -2.23. The van der Waals surface area contributed by atoms with Crippen molar-refractivity contribution in [3.05, 3.63) is 0 Å². The van der Waals surface area contributed by atoms with E-state index >= 15 is 0 Å². The molecule has 0 aliphatic carbocycles. The molecule has 1 atom stereocenters. The van der Waals surface area contributed by atoms with E-state index < -0.39 is 23.5 Å². The highest BCUT2D eigenvalue weighted by Crippen LogP contribution is 2.17. The molecule has 0 saturated heterocycles. The van der Waals surface area contributed by atoms with Gasteiger partial charge in [-0.2, -0.15) is 0 Å². The summed E-state index contributed by atoms with van der Waals surface area (Å²) >= 11 is 0. The Labute approximate surface area is 190 Å². The average molecular weight is 461 g/mol. The highest BCUT2D eigenvalue weighted by molar-refractivity contribution is 5.97. The Kier molecular flexibility index (Phi) is 16.2. The van der Waals surface area contributed by atoms with Crippen LogP contribution in [-0.4, -0.2) is 74.0 Å². The molecule has 2 amide bonds. The summed E-state index contributed by atoms with van der Waals surface area (Å²) < 4.78 is 16.1. The molecule has 186 valence electrons. The van der Waals surface area contributed by atoms with Crippen LogP contribution in [0, 0.1) is 5.92 Å². The van der Waals surface area contributed by atoms with Crippen molar-refractivity contribution in [3.8, 4) is 0 Å². The van der Waals surface area contributed by atoms with Crippen LogP contribution in [0.5, 0.6) is 0 Å². The van der Waals surface area contributed by atoms with E-state index in [1.165, 1.54) is 0 Å². The van der Waals surface area contributed by atoms with Gasteiger partial charge in [-0.15, -0.1) is 0 Å². The molecule has 0 fully saturated rings. The zero-order valence-electron chi connectivity index (χ0n) is 19.9. The second-order valence-corrected chi connectivity index (χ2v) is 8.34. The molecule has 1 unspecified atom stereocenters. The average Bonchev–Trinajstić information content (AvgIpc) is 2.69. The van der Waals surface area contributed by atoms with Crippen molar-refractivity contribution in [1.82, 2.24) is 10.6 Å². The van der Waals surface area contributed by atoms with Gasteiger partial charge in [-0.25, -0.2) is 0 Å². The quantitative estimate of drug-likeness (QED) is 0.159. The highest BCUT2D eigenvalue weighted by Gasteiger charge is 2.30. The molecule has 0 radical (unpaired) electrons. The predicted octanol–water partition coefficient (Wildman–Crippen LogP) is 1.66. The molecule has 0 bridgehead atoms. The number of carboxylic acid groups (broad SMARTS) is 1. The van der Waals surface area contributed by atoms with Crippen molar-refractivity contribution >= 4 is 23.8 Å². The molecule has 0 rings (SSSR count). The fourth-order valence-corrected chi connectivity index (χ4v) is 2.59. The van der Waals surface area contributed by atoms with Gasteiger partial charge in [0.2, 0.25) is 11.8 Å². The van der Waals surface area contributed by atoms with E-state index in [0.29, 0.717) is 26.2 Å². The van der Waals surface area contributed by atoms with Crippen molar-refractivity contribution < 1.29 is 38.5 Å². The molecule has 0 spiro atoms. The van der Waals surface area contributed by atoms with Gasteiger partial charge in [0.25, 0.3) is 0 Å². The van der Waals surface area contributed by atoms with Gasteiger partial charge < -0.3 is 30.0 Å². The van der Waals surface area contributed by atoms with E-state index in [2.05, 4.69) is 17.6 Å². The third-order valence-corrected chi connectivity index (χ3v) is 4.16. The first-order valence-corrected chi connectivity index (χ1v) is 11.2.